The van der Waals surface area contributed by atoms with Crippen LogP contribution in [0.15, 0.2) is 23.2 Å². The van der Waals surface area contributed by atoms with Crippen molar-refractivity contribution in [3.8, 4) is 5.75 Å². The zero-order valence-corrected chi connectivity index (χ0v) is 9.95. The zero-order chi connectivity index (χ0) is 11.8. The van der Waals surface area contributed by atoms with Crippen LogP contribution in [-0.4, -0.2) is 24.2 Å². The van der Waals surface area contributed by atoms with Crippen molar-refractivity contribution < 1.29 is 9.84 Å². The van der Waals surface area contributed by atoms with E-state index in [1.807, 2.05) is 12.1 Å². The predicted molar refractivity (Wildman–Crippen MR) is 64.2 cm³/mol. The Hall–Kier alpha value is -1.51. The fourth-order valence-electron chi connectivity index (χ4n) is 1.78. The lowest BCUT2D eigenvalue weighted by Crippen LogP contribution is -2.13. The molecular weight excluding hydrogens is 202 g/mol. The van der Waals surface area contributed by atoms with Gasteiger partial charge in [-0.1, -0.05) is 20.8 Å². The molecule has 0 amide bonds. The van der Waals surface area contributed by atoms with Gasteiger partial charge in [-0.2, -0.15) is 0 Å². The van der Waals surface area contributed by atoms with Crippen LogP contribution >= 0.6 is 0 Å². The molecule has 0 saturated carbocycles. The standard InChI is InChI=1S/C13H17NO2/c1-13(2,3)10-8-9(4-5-11(10)15)12-14-6-7-16-12/h4-5,8,15H,6-7H2,1-3H3. The summed E-state index contributed by atoms with van der Waals surface area (Å²) in [6.45, 7) is 7.59. The van der Waals surface area contributed by atoms with Gasteiger partial charge >= 0.3 is 0 Å². The molecule has 3 heteroatoms. The third-order valence-corrected chi connectivity index (χ3v) is 2.64. The maximum Gasteiger partial charge on any atom is 0.216 e. The van der Waals surface area contributed by atoms with Crippen molar-refractivity contribution in [3.05, 3.63) is 29.3 Å². The minimum atomic E-state index is -0.0841. The molecule has 1 aliphatic rings. The minimum absolute atomic E-state index is 0.0841. The Bertz CT molecular complexity index is 430. The molecule has 0 saturated heterocycles. The first-order valence-electron chi connectivity index (χ1n) is 5.49. The van der Waals surface area contributed by atoms with E-state index in [1.54, 1.807) is 6.07 Å². The molecule has 1 heterocycles. The zero-order valence-electron chi connectivity index (χ0n) is 9.95. The van der Waals surface area contributed by atoms with Crippen LogP contribution in [0.5, 0.6) is 5.75 Å². The largest absolute Gasteiger partial charge is 0.508 e. The van der Waals surface area contributed by atoms with Crippen LogP contribution in [0, 0.1) is 0 Å². The van der Waals surface area contributed by atoms with E-state index in [9.17, 15) is 5.11 Å². The van der Waals surface area contributed by atoms with Gasteiger partial charge in [-0.15, -0.1) is 0 Å². The number of benzene rings is 1. The van der Waals surface area contributed by atoms with Gasteiger partial charge in [-0.05, 0) is 29.2 Å². The fourth-order valence-corrected chi connectivity index (χ4v) is 1.78. The Labute approximate surface area is 95.8 Å². The lowest BCUT2D eigenvalue weighted by atomic mass is 9.85. The van der Waals surface area contributed by atoms with Gasteiger partial charge in [0, 0.05) is 5.56 Å². The molecule has 0 radical (unpaired) electrons. The first-order valence-corrected chi connectivity index (χ1v) is 5.49. The van der Waals surface area contributed by atoms with Crippen molar-refractivity contribution in [1.82, 2.24) is 0 Å². The number of ether oxygens (including phenoxy) is 1. The highest BCUT2D eigenvalue weighted by atomic mass is 16.5. The summed E-state index contributed by atoms with van der Waals surface area (Å²) in [6.07, 6.45) is 0. The van der Waals surface area contributed by atoms with Crippen molar-refractivity contribution in [2.24, 2.45) is 4.99 Å². The van der Waals surface area contributed by atoms with E-state index < -0.39 is 0 Å². The molecular formula is C13H17NO2. The molecule has 2 rings (SSSR count). The van der Waals surface area contributed by atoms with Crippen molar-refractivity contribution in [3.63, 3.8) is 0 Å². The molecule has 3 nitrogen and oxygen atoms in total. The van der Waals surface area contributed by atoms with E-state index in [0.29, 0.717) is 18.3 Å². The maximum atomic E-state index is 9.83. The van der Waals surface area contributed by atoms with Crippen LogP contribution < -0.4 is 0 Å². The Morgan fingerprint density at radius 2 is 2.06 bits per heavy atom. The maximum absolute atomic E-state index is 9.83. The van der Waals surface area contributed by atoms with Gasteiger partial charge in [0.25, 0.3) is 0 Å². The van der Waals surface area contributed by atoms with Crippen LogP contribution in [-0.2, 0) is 10.2 Å². The number of phenolic OH excluding ortho intramolecular Hbond substituents is 1. The summed E-state index contributed by atoms with van der Waals surface area (Å²) in [6, 6.07) is 5.51. The second-order valence-corrected chi connectivity index (χ2v) is 5.02. The molecule has 1 aliphatic heterocycles. The molecule has 0 fully saturated rings. The van der Waals surface area contributed by atoms with E-state index in [4.69, 9.17) is 4.74 Å². The quantitative estimate of drug-likeness (QED) is 0.788. The average Bonchev–Trinajstić information content (AvgIpc) is 2.69. The highest BCUT2D eigenvalue weighted by Crippen LogP contribution is 2.31. The van der Waals surface area contributed by atoms with Crippen LogP contribution in [0.1, 0.15) is 31.9 Å². The lowest BCUT2D eigenvalue weighted by molar-refractivity contribution is 0.348. The first kappa shape index (κ1) is 11.0. The van der Waals surface area contributed by atoms with Crippen molar-refractivity contribution in [2.45, 2.75) is 26.2 Å². The molecule has 86 valence electrons. The summed E-state index contributed by atoms with van der Waals surface area (Å²) in [4.78, 5) is 4.27. The Morgan fingerprint density at radius 3 is 2.62 bits per heavy atom. The Balaban J connectivity index is 2.43. The third-order valence-electron chi connectivity index (χ3n) is 2.64. The first-order chi connectivity index (χ1) is 7.48. The Morgan fingerprint density at radius 1 is 1.31 bits per heavy atom. The Kier molecular flexibility index (Phi) is 2.62. The molecule has 0 atom stereocenters. The van der Waals surface area contributed by atoms with E-state index in [1.165, 1.54) is 0 Å². The van der Waals surface area contributed by atoms with Gasteiger partial charge in [-0.3, -0.25) is 0 Å². The number of hydrogen-bond donors (Lipinski definition) is 1. The van der Waals surface area contributed by atoms with E-state index >= 15 is 0 Å². The number of hydrogen-bond acceptors (Lipinski definition) is 3. The molecule has 0 unspecified atom stereocenters. The normalized spacial score (nSPS) is 15.8. The molecule has 1 aromatic carbocycles. The van der Waals surface area contributed by atoms with E-state index in [0.717, 1.165) is 17.7 Å². The summed E-state index contributed by atoms with van der Waals surface area (Å²) in [5, 5.41) is 9.83. The molecule has 1 N–H and O–H groups in total. The van der Waals surface area contributed by atoms with Crippen molar-refractivity contribution in [2.75, 3.05) is 13.2 Å². The van der Waals surface area contributed by atoms with Gasteiger partial charge in [-0.25, -0.2) is 4.99 Å². The molecule has 1 aromatic rings. The number of aromatic hydroxyl groups is 1. The van der Waals surface area contributed by atoms with Crippen LogP contribution in [0.3, 0.4) is 0 Å². The molecule has 16 heavy (non-hydrogen) atoms. The van der Waals surface area contributed by atoms with Crippen LogP contribution in [0.25, 0.3) is 0 Å². The van der Waals surface area contributed by atoms with Crippen LogP contribution in [0.2, 0.25) is 0 Å². The van der Waals surface area contributed by atoms with E-state index in [-0.39, 0.29) is 5.41 Å². The SMILES string of the molecule is CC(C)(C)c1cc(C2=NCCO2)ccc1O. The summed E-state index contributed by atoms with van der Waals surface area (Å²) >= 11 is 0. The van der Waals surface area contributed by atoms with Gasteiger partial charge in [0.05, 0.1) is 6.54 Å². The predicted octanol–water partition coefficient (Wildman–Crippen LogP) is 2.47. The molecule has 0 bridgehead atoms. The number of nitrogens with zero attached hydrogens (tertiary/aromatic N) is 1. The highest BCUT2D eigenvalue weighted by molar-refractivity contribution is 5.95. The minimum Gasteiger partial charge on any atom is -0.508 e. The summed E-state index contributed by atoms with van der Waals surface area (Å²) in [5.74, 6) is 1.01. The number of rotatable bonds is 1. The second kappa shape index (κ2) is 3.81. The second-order valence-electron chi connectivity index (χ2n) is 5.02. The third kappa shape index (κ3) is 2.03. The smallest absolute Gasteiger partial charge is 0.216 e. The summed E-state index contributed by atoms with van der Waals surface area (Å²) in [5.41, 5.74) is 1.78. The topological polar surface area (TPSA) is 41.8 Å². The van der Waals surface area contributed by atoms with Gasteiger partial charge in [0.2, 0.25) is 5.90 Å². The molecule has 0 aliphatic carbocycles. The summed E-state index contributed by atoms with van der Waals surface area (Å²) < 4.78 is 5.41. The molecule has 0 aromatic heterocycles. The highest BCUT2D eigenvalue weighted by Gasteiger charge is 2.20. The van der Waals surface area contributed by atoms with Gasteiger partial charge in [0.15, 0.2) is 0 Å². The van der Waals surface area contributed by atoms with Gasteiger partial charge < -0.3 is 9.84 Å². The molecule has 0 spiro atoms. The van der Waals surface area contributed by atoms with E-state index in [2.05, 4.69) is 25.8 Å². The number of aliphatic imine (C=N–C) groups is 1. The lowest BCUT2D eigenvalue weighted by Gasteiger charge is -2.21. The van der Waals surface area contributed by atoms with Crippen LogP contribution in [0.4, 0.5) is 0 Å². The average molecular weight is 219 g/mol. The fraction of sp³-hybridized carbons (Fsp3) is 0.462. The van der Waals surface area contributed by atoms with Crippen molar-refractivity contribution in [1.29, 1.82) is 0 Å². The monoisotopic (exact) mass is 219 g/mol. The van der Waals surface area contributed by atoms with Gasteiger partial charge in [0.1, 0.15) is 12.4 Å². The number of phenols is 1. The van der Waals surface area contributed by atoms with Crippen molar-refractivity contribution >= 4 is 5.90 Å². The summed E-state index contributed by atoms with van der Waals surface area (Å²) in [7, 11) is 0.